The lowest BCUT2D eigenvalue weighted by Crippen LogP contribution is -2.49. The van der Waals surface area contributed by atoms with Crippen LogP contribution in [0.1, 0.15) is 43.0 Å². The summed E-state index contributed by atoms with van der Waals surface area (Å²) in [4.78, 5) is 31.6. The van der Waals surface area contributed by atoms with Crippen LogP contribution in [0, 0.1) is 5.41 Å². The molecular formula is C23H25N5O2. The summed E-state index contributed by atoms with van der Waals surface area (Å²) in [6.45, 7) is 3.35. The lowest BCUT2D eigenvalue weighted by Gasteiger charge is -2.33. The minimum atomic E-state index is -0.555. The van der Waals surface area contributed by atoms with Crippen molar-refractivity contribution in [3.05, 3.63) is 54.4 Å². The van der Waals surface area contributed by atoms with Crippen LogP contribution >= 0.6 is 0 Å². The molecule has 1 saturated heterocycles. The molecular weight excluding hydrogens is 378 g/mol. The highest BCUT2D eigenvalue weighted by molar-refractivity contribution is 5.97. The molecule has 7 heteroatoms. The molecule has 0 unspecified atom stereocenters. The highest BCUT2D eigenvalue weighted by Crippen LogP contribution is 2.53. The van der Waals surface area contributed by atoms with Gasteiger partial charge in [0.25, 0.3) is 5.91 Å². The van der Waals surface area contributed by atoms with Gasteiger partial charge in [0.15, 0.2) is 5.82 Å². The molecule has 5 rings (SSSR count). The second-order valence-corrected chi connectivity index (χ2v) is 8.54. The van der Waals surface area contributed by atoms with E-state index in [1.165, 1.54) is 19.0 Å². The van der Waals surface area contributed by atoms with Gasteiger partial charge in [0.1, 0.15) is 6.04 Å². The molecule has 3 heterocycles. The van der Waals surface area contributed by atoms with Crippen molar-refractivity contribution in [2.75, 3.05) is 13.1 Å². The Kier molecular flexibility index (Phi) is 4.53. The third-order valence-electron chi connectivity index (χ3n) is 6.52. The Morgan fingerprint density at radius 2 is 1.80 bits per heavy atom. The molecule has 3 aromatic rings. The normalized spacial score (nSPS) is 18.4. The molecule has 1 aromatic carbocycles. The lowest BCUT2D eigenvalue weighted by molar-refractivity contribution is -0.134. The van der Waals surface area contributed by atoms with Gasteiger partial charge < -0.3 is 10.2 Å². The summed E-state index contributed by atoms with van der Waals surface area (Å²) >= 11 is 0. The number of likely N-dealkylation sites (tertiary alicyclic amines) is 1. The van der Waals surface area contributed by atoms with Crippen LogP contribution in [0.25, 0.3) is 16.7 Å². The van der Waals surface area contributed by atoms with Crippen LogP contribution in [0.2, 0.25) is 0 Å². The van der Waals surface area contributed by atoms with Gasteiger partial charge in [0.2, 0.25) is 5.91 Å². The van der Waals surface area contributed by atoms with Crippen LogP contribution < -0.4 is 5.32 Å². The van der Waals surface area contributed by atoms with Gasteiger partial charge in [-0.05, 0) is 56.2 Å². The quantitative estimate of drug-likeness (QED) is 0.726. The van der Waals surface area contributed by atoms with Gasteiger partial charge in [-0.25, -0.2) is 9.67 Å². The highest BCUT2D eigenvalue weighted by Gasteiger charge is 2.45. The number of nitrogens with one attached hydrogen (secondary N) is 1. The SMILES string of the molecule is C[C@@H](NC(=O)c1ccc(-n2ncc3ccccc32)nc1)C(=O)N1CCC2(CC1)CC2. The monoisotopic (exact) mass is 403 g/mol. The molecule has 154 valence electrons. The van der Waals surface area contributed by atoms with Crippen molar-refractivity contribution in [1.29, 1.82) is 0 Å². The van der Waals surface area contributed by atoms with Crippen LogP contribution in [0.4, 0.5) is 0 Å². The van der Waals surface area contributed by atoms with Gasteiger partial charge in [-0.1, -0.05) is 18.2 Å². The predicted molar refractivity (Wildman–Crippen MR) is 113 cm³/mol. The number of hydrogen-bond acceptors (Lipinski definition) is 4. The van der Waals surface area contributed by atoms with Gasteiger partial charge >= 0.3 is 0 Å². The number of rotatable bonds is 4. The first-order chi connectivity index (χ1) is 14.5. The fourth-order valence-corrected chi connectivity index (χ4v) is 4.29. The third kappa shape index (κ3) is 3.44. The van der Waals surface area contributed by atoms with Crippen molar-refractivity contribution in [2.45, 2.75) is 38.6 Å². The average molecular weight is 403 g/mol. The van der Waals surface area contributed by atoms with E-state index in [9.17, 15) is 9.59 Å². The van der Waals surface area contributed by atoms with Crippen LogP contribution in [0.15, 0.2) is 48.8 Å². The fourth-order valence-electron chi connectivity index (χ4n) is 4.29. The number of piperidine rings is 1. The number of aromatic nitrogens is 3. The average Bonchev–Trinajstić information content (AvgIpc) is 3.39. The minimum absolute atomic E-state index is 0.00793. The molecule has 1 aliphatic carbocycles. The first-order valence-electron chi connectivity index (χ1n) is 10.5. The molecule has 2 amide bonds. The number of fused-ring (bicyclic) bond motifs is 1. The van der Waals surface area contributed by atoms with E-state index >= 15 is 0 Å². The summed E-state index contributed by atoms with van der Waals surface area (Å²) < 4.78 is 1.74. The third-order valence-corrected chi connectivity index (χ3v) is 6.52. The van der Waals surface area contributed by atoms with E-state index in [1.54, 1.807) is 29.9 Å². The Hall–Kier alpha value is -3.22. The summed E-state index contributed by atoms with van der Waals surface area (Å²) in [5.74, 6) is 0.335. The molecule has 1 aliphatic heterocycles. The molecule has 2 aliphatic rings. The molecule has 30 heavy (non-hydrogen) atoms. The predicted octanol–water partition coefficient (Wildman–Crippen LogP) is 2.94. The Morgan fingerprint density at radius 3 is 2.50 bits per heavy atom. The lowest BCUT2D eigenvalue weighted by atomic mass is 9.93. The zero-order valence-electron chi connectivity index (χ0n) is 17.0. The first-order valence-corrected chi connectivity index (χ1v) is 10.5. The number of carbonyl (C=O) groups excluding carboxylic acids is 2. The minimum Gasteiger partial charge on any atom is -0.341 e. The van der Waals surface area contributed by atoms with E-state index in [0.717, 1.165) is 36.8 Å². The van der Waals surface area contributed by atoms with Gasteiger partial charge in [-0.3, -0.25) is 9.59 Å². The molecule has 0 bridgehead atoms. The van der Waals surface area contributed by atoms with Crippen molar-refractivity contribution in [3.63, 3.8) is 0 Å². The molecule has 1 saturated carbocycles. The molecule has 0 radical (unpaired) electrons. The maximum absolute atomic E-state index is 12.7. The summed E-state index contributed by atoms with van der Waals surface area (Å²) in [6, 6.07) is 10.8. The Bertz CT molecular complexity index is 1090. The van der Waals surface area contributed by atoms with Gasteiger partial charge in [-0.2, -0.15) is 5.10 Å². The Morgan fingerprint density at radius 1 is 1.03 bits per heavy atom. The number of amides is 2. The van der Waals surface area contributed by atoms with Gasteiger partial charge in [-0.15, -0.1) is 0 Å². The number of carbonyl (C=O) groups is 2. The second-order valence-electron chi connectivity index (χ2n) is 8.54. The maximum Gasteiger partial charge on any atom is 0.253 e. The van der Waals surface area contributed by atoms with Gasteiger partial charge in [0, 0.05) is 24.7 Å². The van der Waals surface area contributed by atoms with E-state index in [2.05, 4.69) is 15.4 Å². The maximum atomic E-state index is 12.7. The molecule has 2 aromatic heterocycles. The number of para-hydroxylation sites is 1. The van der Waals surface area contributed by atoms with Crippen LogP contribution in [0.3, 0.4) is 0 Å². The van der Waals surface area contributed by atoms with E-state index in [-0.39, 0.29) is 11.8 Å². The molecule has 1 spiro atoms. The number of nitrogens with zero attached hydrogens (tertiary/aromatic N) is 4. The topological polar surface area (TPSA) is 80.1 Å². The van der Waals surface area contributed by atoms with Crippen LogP contribution in [-0.2, 0) is 4.79 Å². The van der Waals surface area contributed by atoms with Crippen molar-refractivity contribution in [2.24, 2.45) is 5.41 Å². The molecule has 1 atom stereocenters. The fraction of sp³-hybridized carbons (Fsp3) is 0.391. The highest BCUT2D eigenvalue weighted by atomic mass is 16.2. The summed E-state index contributed by atoms with van der Waals surface area (Å²) in [6.07, 6.45) is 8.10. The number of benzene rings is 1. The van der Waals surface area contributed by atoms with E-state index < -0.39 is 6.04 Å². The standard InChI is InChI=1S/C23H25N5O2/c1-16(22(30)27-12-10-23(8-9-23)11-13-27)26-21(29)18-6-7-20(24-14-18)28-19-5-3-2-4-17(19)15-25-28/h2-7,14-16H,8-13H2,1H3,(H,26,29)/t16-/m1/s1. The smallest absolute Gasteiger partial charge is 0.253 e. The summed E-state index contributed by atoms with van der Waals surface area (Å²) in [7, 11) is 0. The van der Waals surface area contributed by atoms with Crippen molar-refractivity contribution in [3.8, 4) is 5.82 Å². The zero-order valence-corrected chi connectivity index (χ0v) is 17.0. The first kappa shape index (κ1) is 18.8. The molecule has 7 nitrogen and oxygen atoms in total. The molecule has 2 fully saturated rings. The largest absolute Gasteiger partial charge is 0.341 e. The van der Waals surface area contributed by atoms with Gasteiger partial charge in [0.05, 0.1) is 17.3 Å². The van der Waals surface area contributed by atoms with Crippen molar-refractivity contribution >= 4 is 22.7 Å². The Balaban J connectivity index is 1.23. The van der Waals surface area contributed by atoms with Crippen LogP contribution in [-0.4, -0.2) is 50.6 Å². The van der Waals surface area contributed by atoms with E-state index in [1.807, 2.05) is 29.2 Å². The zero-order chi connectivity index (χ0) is 20.7. The second kappa shape index (κ2) is 7.23. The summed E-state index contributed by atoms with van der Waals surface area (Å²) in [5, 5.41) is 8.23. The molecule has 1 N–H and O–H groups in total. The summed E-state index contributed by atoms with van der Waals surface area (Å²) in [5.41, 5.74) is 1.90. The number of pyridine rings is 1. The van der Waals surface area contributed by atoms with Crippen molar-refractivity contribution in [1.82, 2.24) is 25.0 Å². The number of hydrogen-bond donors (Lipinski definition) is 1. The van der Waals surface area contributed by atoms with Crippen LogP contribution in [0.5, 0.6) is 0 Å². The van der Waals surface area contributed by atoms with E-state index in [0.29, 0.717) is 16.8 Å². The Labute approximate surface area is 175 Å². The van der Waals surface area contributed by atoms with Crippen molar-refractivity contribution < 1.29 is 9.59 Å². The van der Waals surface area contributed by atoms with E-state index in [4.69, 9.17) is 0 Å².